The standard InChI is InChI=1S/C20H19ClN4O3/c1-13(23)17(10-22)18(26)12-28-19(27)9-8-16-14(2)24-25(20(16)21)11-15-6-4-3-5-7-15/h3-9,17,23H,11-12H2,1-2H3/b9-8+,23-13?/t17-/m0/s1. The van der Waals surface area contributed by atoms with Crippen LogP contribution in [0.15, 0.2) is 36.4 Å². The molecule has 0 unspecified atom stereocenters. The highest BCUT2D eigenvalue weighted by molar-refractivity contribution is 6.31. The van der Waals surface area contributed by atoms with Crippen molar-refractivity contribution in [3.8, 4) is 6.07 Å². The zero-order valence-corrected chi connectivity index (χ0v) is 16.2. The number of aromatic nitrogens is 2. The van der Waals surface area contributed by atoms with E-state index in [1.807, 2.05) is 30.3 Å². The molecule has 0 saturated heterocycles. The van der Waals surface area contributed by atoms with Crippen molar-refractivity contribution in [2.24, 2.45) is 5.92 Å². The number of halogens is 1. The number of carbonyl (C=O) groups is 2. The van der Waals surface area contributed by atoms with E-state index >= 15 is 0 Å². The second-order valence-electron chi connectivity index (χ2n) is 6.09. The van der Waals surface area contributed by atoms with Gasteiger partial charge in [0.05, 0.1) is 18.3 Å². The molecular formula is C20H19ClN4O3. The smallest absolute Gasteiger partial charge is 0.331 e. The van der Waals surface area contributed by atoms with Crippen molar-refractivity contribution in [2.45, 2.75) is 20.4 Å². The lowest BCUT2D eigenvalue weighted by molar-refractivity contribution is -0.143. The molecule has 0 saturated carbocycles. The maximum atomic E-state index is 11.9. The number of benzene rings is 1. The predicted octanol–water partition coefficient (Wildman–Crippen LogP) is 3.20. The van der Waals surface area contributed by atoms with E-state index in [9.17, 15) is 9.59 Å². The summed E-state index contributed by atoms with van der Waals surface area (Å²) >= 11 is 6.37. The normalized spacial score (nSPS) is 11.8. The summed E-state index contributed by atoms with van der Waals surface area (Å²) in [4.78, 5) is 23.6. The van der Waals surface area contributed by atoms with Crippen molar-refractivity contribution in [3.63, 3.8) is 0 Å². The number of esters is 1. The van der Waals surface area contributed by atoms with Gasteiger partial charge in [0, 0.05) is 17.4 Å². The van der Waals surface area contributed by atoms with Crippen LogP contribution in [0.5, 0.6) is 0 Å². The minimum atomic E-state index is -1.20. The molecule has 28 heavy (non-hydrogen) atoms. The van der Waals surface area contributed by atoms with Gasteiger partial charge in [-0.1, -0.05) is 41.9 Å². The van der Waals surface area contributed by atoms with Gasteiger partial charge in [-0.2, -0.15) is 10.4 Å². The SMILES string of the molecule is CC(=N)[C@H](C#N)C(=O)COC(=O)/C=C/c1c(C)nn(Cc2ccccc2)c1Cl. The summed E-state index contributed by atoms with van der Waals surface area (Å²) in [6.45, 7) is 3.04. The number of aryl methyl sites for hydroxylation is 1. The number of hydrogen-bond acceptors (Lipinski definition) is 6. The molecule has 144 valence electrons. The van der Waals surface area contributed by atoms with Crippen LogP contribution >= 0.6 is 11.6 Å². The van der Waals surface area contributed by atoms with E-state index in [1.54, 1.807) is 17.7 Å². The molecule has 0 aliphatic carbocycles. The number of Topliss-reactive ketones (excluding diaryl/α,β-unsaturated/α-hetero) is 1. The molecule has 1 heterocycles. The molecule has 0 aliphatic rings. The van der Waals surface area contributed by atoms with Crippen molar-refractivity contribution in [2.75, 3.05) is 6.61 Å². The van der Waals surface area contributed by atoms with Crippen molar-refractivity contribution < 1.29 is 14.3 Å². The lowest BCUT2D eigenvalue weighted by atomic mass is 10.0. The van der Waals surface area contributed by atoms with Crippen molar-refractivity contribution in [1.29, 1.82) is 10.7 Å². The van der Waals surface area contributed by atoms with Crippen LogP contribution in [-0.4, -0.2) is 33.9 Å². The maximum Gasteiger partial charge on any atom is 0.331 e. The Kier molecular flexibility index (Phi) is 7.24. The number of nitriles is 1. The highest BCUT2D eigenvalue weighted by Gasteiger charge is 2.21. The lowest BCUT2D eigenvalue weighted by Crippen LogP contribution is -2.25. The summed E-state index contributed by atoms with van der Waals surface area (Å²) in [6, 6.07) is 11.4. The highest BCUT2D eigenvalue weighted by Crippen LogP contribution is 2.22. The third-order valence-electron chi connectivity index (χ3n) is 3.91. The monoisotopic (exact) mass is 398 g/mol. The van der Waals surface area contributed by atoms with Crippen LogP contribution in [0, 0.1) is 29.6 Å². The number of nitrogens with zero attached hydrogens (tertiary/aromatic N) is 3. The number of ketones is 1. The van der Waals surface area contributed by atoms with E-state index in [0.29, 0.717) is 23.0 Å². The van der Waals surface area contributed by atoms with Gasteiger partial charge >= 0.3 is 5.97 Å². The number of rotatable bonds is 8. The van der Waals surface area contributed by atoms with Crippen molar-refractivity contribution in [1.82, 2.24) is 9.78 Å². The number of hydrogen-bond donors (Lipinski definition) is 1. The van der Waals surface area contributed by atoms with Gasteiger partial charge in [0.1, 0.15) is 11.1 Å². The third kappa shape index (κ3) is 5.38. The summed E-state index contributed by atoms with van der Waals surface area (Å²) in [5.74, 6) is -2.59. The van der Waals surface area contributed by atoms with Gasteiger partial charge in [-0.3, -0.25) is 4.79 Å². The molecule has 1 N–H and O–H groups in total. The van der Waals surface area contributed by atoms with Gasteiger partial charge in [0.2, 0.25) is 0 Å². The quantitative estimate of drug-likeness (QED) is 0.417. The predicted molar refractivity (Wildman–Crippen MR) is 105 cm³/mol. The minimum absolute atomic E-state index is 0.0904. The summed E-state index contributed by atoms with van der Waals surface area (Å²) in [6.07, 6.45) is 2.62. The fourth-order valence-electron chi connectivity index (χ4n) is 2.45. The molecule has 2 aromatic rings. The lowest BCUT2D eigenvalue weighted by Gasteiger charge is -2.06. The van der Waals surface area contributed by atoms with Gasteiger partial charge in [0.25, 0.3) is 0 Å². The number of ether oxygens (including phenoxy) is 1. The van der Waals surface area contributed by atoms with Crippen LogP contribution in [0.4, 0.5) is 0 Å². The fourth-order valence-corrected chi connectivity index (χ4v) is 2.75. The zero-order valence-electron chi connectivity index (χ0n) is 15.5. The molecule has 8 heteroatoms. The van der Waals surface area contributed by atoms with Crippen molar-refractivity contribution >= 4 is 35.1 Å². The van der Waals surface area contributed by atoms with E-state index in [1.165, 1.54) is 13.0 Å². The van der Waals surface area contributed by atoms with E-state index in [-0.39, 0.29) is 5.71 Å². The van der Waals surface area contributed by atoms with Crippen LogP contribution in [-0.2, 0) is 20.9 Å². The fraction of sp³-hybridized carbons (Fsp3) is 0.250. The molecule has 0 fully saturated rings. The largest absolute Gasteiger partial charge is 0.454 e. The average Bonchev–Trinajstić information content (AvgIpc) is 2.92. The first kappa shape index (κ1) is 21.1. The van der Waals surface area contributed by atoms with Gasteiger partial charge < -0.3 is 10.1 Å². The molecule has 1 aromatic carbocycles. The highest BCUT2D eigenvalue weighted by atomic mass is 35.5. The van der Waals surface area contributed by atoms with Crippen LogP contribution in [0.3, 0.4) is 0 Å². The summed E-state index contributed by atoms with van der Waals surface area (Å²) < 4.78 is 6.48. The Morgan fingerprint density at radius 3 is 2.68 bits per heavy atom. The van der Waals surface area contributed by atoms with Gasteiger partial charge in [-0.25, -0.2) is 9.48 Å². The van der Waals surface area contributed by atoms with Crippen LogP contribution in [0.2, 0.25) is 5.15 Å². The molecular weight excluding hydrogens is 380 g/mol. The average molecular weight is 399 g/mol. The molecule has 0 bridgehead atoms. The van der Waals surface area contributed by atoms with Gasteiger partial charge in [0.15, 0.2) is 12.4 Å². The Balaban J connectivity index is 2.02. The van der Waals surface area contributed by atoms with Crippen LogP contribution in [0.1, 0.15) is 23.7 Å². The van der Waals surface area contributed by atoms with Gasteiger partial charge in [-0.05, 0) is 25.5 Å². The second kappa shape index (κ2) is 9.62. The third-order valence-corrected chi connectivity index (χ3v) is 4.31. The Bertz CT molecular complexity index is 958. The Morgan fingerprint density at radius 1 is 1.39 bits per heavy atom. The molecule has 1 atom stereocenters. The molecule has 0 spiro atoms. The summed E-state index contributed by atoms with van der Waals surface area (Å²) in [7, 11) is 0. The summed E-state index contributed by atoms with van der Waals surface area (Å²) in [5, 5.41) is 21.0. The van der Waals surface area contributed by atoms with E-state index in [4.69, 9.17) is 27.0 Å². The van der Waals surface area contributed by atoms with Gasteiger partial charge in [-0.15, -0.1) is 0 Å². The Morgan fingerprint density at radius 2 is 2.07 bits per heavy atom. The molecule has 2 rings (SSSR count). The topological polar surface area (TPSA) is 109 Å². The molecule has 7 nitrogen and oxygen atoms in total. The zero-order chi connectivity index (χ0) is 20.7. The van der Waals surface area contributed by atoms with E-state index in [0.717, 1.165) is 11.6 Å². The minimum Gasteiger partial charge on any atom is -0.454 e. The van der Waals surface area contributed by atoms with E-state index in [2.05, 4.69) is 5.10 Å². The summed E-state index contributed by atoms with van der Waals surface area (Å²) in [5.41, 5.74) is 2.16. The first-order valence-corrected chi connectivity index (χ1v) is 8.80. The van der Waals surface area contributed by atoms with Crippen LogP contribution in [0.25, 0.3) is 6.08 Å². The second-order valence-corrected chi connectivity index (χ2v) is 6.44. The van der Waals surface area contributed by atoms with Crippen molar-refractivity contribution in [3.05, 3.63) is 58.4 Å². The first-order valence-electron chi connectivity index (χ1n) is 8.42. The Labute approximate surface area is 167 Å². The van der Waals surface area contributed by atoms with Crippen LogP contribution < -0.4 is 0 Å². The molecule has 0 amide bonds. The molecule has 0 radical (unpaired) electrons. The number of carbonyl (C=O) groups excluding carboxylic acids is 2. The number of nitrogens with one attached hydrogen (secondary N) is 1. The van der Waals surface area contributed by atoms with E-state index < -0.39 is 24.3 Å². The Hall–Kier alpha value is -3.24. The molecule has 0 aliphatic heterocycles. The first-order chi connectivity index (χ1) is 13.3. The maximum absolute atomic E-state index is 11.9. The molecule has 1 aromatic heterocycles.